The summed E-state index contributed by atoms with van der Waals surface area (Å²) < 4.78 is 30.0. The van der Waals surface area contributed by atoms with Gasteiger partial charge in [0.25, 0.3) is 0 Å². The third-order valence-corrected chi connectivity index (χ3v) is 5.03. The number of nitrogens with zero attached hydrogens (tertiary/aromatic N) is 2. The SMILES string of the molecule is CCCNCCNS(=O)(=O)c1ccc2c(c1)n(C)c(=O)n2C.Cl. The quantitative estimate of drug-likeness (QED) is 0.705. The van der Waals surface area contributed by atoms with Crippen molar-refractivity contribution in [1.82, 2.24) is 19.2 Å². The van der Waals surface area contributed by atoms with E-state index in [0.717, 1.165) is 13.0 Å². The average molecular weight is 363 g/mol. The van der Waals surface area contributed by atoms with Gasteiger partial charge in [0.1, 0.15) is 0 Å². The molecule has 2 N–H and O–H groups in total. The average Bonchev–Trinajstić information content (AvgIpc) is 2.71. The van der Waals surface area contributed by atoms with Crippen LogP contribution in [-0.4, -0.2) is 37.2 Å². The van der Waals surface area contributed by atoms with Crippen LogP contribution in [0.15, 0.2) is 27.9 Å². The summed E-state index contributed by atoms with van der Waals surface area (Å²) in [5.74, 6) is 0. The zero-order chi connectivity index (χ0) is 16.3. The fourth-order valence-corrected chi connectivity index (χ4v) is 3.36. The number of nitrogens with one attached hydrogen (secondary N) is 2. The van der Waals surface area contributed by atoms with E-state index in [2.05, 4.69) is 17.0 Å². The molecule has 0 spiro atoms. The first-order valence-corrected chi connectivity index (χ1v) is 8.72. The maximum atomic E-state index is 12.3. The number of aryl methyl sites for hydroxylation is 2. The van der Waals surface area contributed by atoms with Gasteiger partial charge in [0.15, 0.2) is 0 Å². The van der Waals surface area contributed by atoms with Crippen molar-refractivity contribution in [3.63, 3.8) is 0 Å². The lowest BCUT2D eigenvalue weighted by atomic mass is 10.3. The van der Waals surface area contributed by atoms with E-state index in [4.69, 9.17) is 0 Å². The molecule has 0 bridgehead atoms. The Morgan fingerprint density at radius 2 is 1.70 bits per heavy atom. The van der Waals surface area contributed by atoms with Crippen LogP contribution in [0.5, 0.6) is 0 Å². The van der Waals surface area contributed by atoms with Crippen LogP contribution >= 0.6 is 12.4 Å². The van der Waals surface area contributed by atoms with Crippen LogP contribution in [0, 0.1) is 0 Å². The van der Waals surface area contributed by atoms with Crippen LogP contribution < -0.4 is 15.7 Å². The van der Waals surface area contributed by atoms with Crippen molar-refractivity contribution in [2.75, 3.05) is 19.6 Å². The Bertz CT molecular complexity index is 826. The third kappa shape index (κ3) is 4.14. The molecule has 9 heteroatoms. The van der Waals surface area contributed by atoms with Gasteiger partial charge in [0.2, 0.25) is 10.0 Å². The molecular formula is C14H23ClN4O3S. The first-order valence-electron chi connectivity index (χ1n) is 7.24. The Hall–Kier alpha value is -1.35. The smallest absolute Gasteiger partial charge is 0.315 e. The zero-order valence-corrected chi connectivity index (χ0v) is 15.1. The molecule has 2 aromatic rings. The van der Waals surface area contributed by atoms with Gasteiger partial charge in [-0.3, -0.25) is 9.13 Å². The first kappa shape index (κ1) is 19.7. The lowest BCUT2D eigenvalue weighted by molar-refractivity contribution is 0.575. The Morgan fingerprint density at radius 1 is 1.04 bits per heavy atom. The van der Waals surface area contributed by atoms with Gasteiger partial charge in [-0.1, -0.05) is 6.92 Å². The van der Waals surface area contributed by atoms with E-state index in [9.17, 15) is 13.2 Å². The predicted molar refractivity (Wildman–Crippen MR) is 93.8 cm³/mol. The highest BCUT2D eigenvalue weighted by Gasteiger charge is 2.16. The molecule has 0 fully saturated rings. The van der Waals surface area contributed by atoms with Crippen molar-refractivity contribution >= 4 is 33.5 Å². The molecule has 7 nitrogen and oxygen atoms in total. The highest BCUT2D eigenvalue weighted by atomic mass is 35.5. The molecule has 0 aliphatic heterocycles. The van der Waals surface area contributed by atoms with E-state index < -0.39 is 10.0 Å². The topological polar surface area (TPSA) is 85.1 Å². The van der Waals surface area contributed by atoms with Crippen molar-refractivity contribution in [2.24, 2.45) is 14.1 Å². The van der Waals surface area contributed by atoms with Crippen LogP contribution in [0.1, 0.15) is 13.3 Å². The Morgan fingerprint density at radius 3 is 2.35 bits per heavy atom. The van der Waals surface area contributed by atoms with Gasteiger partial charge < -0.3 is 5.32 Å². The van der Waals surface area contributed by atoms with E-state index in [1.165, 1.54) is 21.3 Å². The third-order valence-electron chi connectivity index (χ3n) is 3.57. The number of aromatic nitrogens is 2. The monoisotopic (exact) mass is 362 g/mol. The second-order valence-corrected chi connectivity index (χ2v) is 6.97. The minimum absolute atomic E-state index is 0. The normalized spacial score (nSPS) is 11.6. The fraction of sp³-hybridized carbons (Fsp3) is 0.500. The molecule has 0 unspecified atom stereocenters. The van der Waals surface area contributed by atoms with E-state index in [1.54, 1.807) is 20.2 Å². The summed E-state index contributed by atoms with van der Waals surface area (Å²) in [5.41, 5.74) is 1.12. The van der Waals surface area contributed by atoms with E-state index >= 15 is 0 Å². The van der Waals surface area contributed by atoms with Crippen LogP contribution in [0.4, 0.5) is 0 Å². The summed E-state index contributed by atoms with van der Waals surface area (Å²) >= 11 is 0. The van der Waals surface area contributed by atoms with Crippen LogP contribution in [-0.2, 0) is 24.1 Å². The minimum Gasteiger partial charge on any atom is -0.315 e. The van der Waals surface area contributed by atoms with Crippen molar-refractivity contribution < 1.29 is 8.42 Å². The number of fused-ring (bicyclic) bond motifs is 1. The Kier molecular flexibility index (Phi) is 6.82. The van der Waals surface area contributed by atoms with Crippen molar-refractivity contribution in [1.29, 1.82) is 0 Å². The maximum Gasteiger partial charge on any atom is 0.328 e. The van der Waals surface area contributed by atoms with Gasteiger partial charge in [0.05, 0.1) is 15.9 Å². The number of benzene rings is 1. The molecule has 0 aliphatic rings. The molecule has 0 saturated heterocycles. The summed E-state index contributed by atoms with van der Waals surface area (Å²) in [6.07, 6.45) is 1.01. The fourth-order valence-electron chi connectivity index (χ4n) is 2.31. The molecule has 1 heterocycles. The highest BCUT2D eigenvalue weighted by molar-refractivity contribution is 7.89. The molecule has 1 aromatic heterocycles. The second-order valence-electron chi connectivity index (χ2n) is 5.20. The summed E-state index contributed by atoms with van der Waals surface area (Å²) in [7, 11) is -0.283. The van der Waals surface area contributed by atoms with Gasteiger partial charge >= 0.3 is 5.69 Å². The lowest BCUT2D eigenvalue weighted by Gasteiger charge is -2.08. The first-order chi connectivity index (χ1) is 10.4. The van der Waals surface area contributed by atoms with Gasteiger partial charge in [-0.15, -0.1) is 12.4 Å². The molecular weight excluding hydrogens is 340 g/mol. The standard InChI is InChI=1S/C14H22N4O3S.ClH/c1-4-7-15-8-9-16-22(20,21)11-5-6-12-13(10-11)18(3)14(19)17(12)2;/h5-6,10,15-16H,4,7-9H2,1-3H3;1H. The van der Waals surface area contributed by atoms with Crippen LogP contribution in [0.2, 0.25) is 0 Å². The summed E-state index contributed by atoms with van der Waals surface area (Å²) in [5, 5.41) is 3.13. The summed E-state index contributed by atoms with van der Waals surface area (Å²) in [6, 6.07) is 4.70. The second kappa shape index (κ2) is 7.96. The van der Waals surface area contributed by atoms with Gasteiger partial charge in [-0.2, -0.15) is 0 Å². The summed E-state index contributed by atoms with van der Waals surface area (Å²) in [4.78, 5) is 12.0. The van der Waals surface area contributed by atoms with E-state index in [1.807, 2.05) is 0 Å². The van der Waals surface area contributed by atoms with Crippen molar-refractivity contribution in [3.8, 4) is 0 Å². The summed E-state index contributed by atoms with van der Waals surface area (Å²) in [6.45, 7) is 3.82. The number of rotatable bonds is 7. The van der Waals surface area contributed by atoms with Gasteiger partial charge in [0, 0.05) is 27.2 Å². The number of halogens is 1. The molecule has 1 aromatic carbocycles. The molecule has 2 rings (SSSR count). The number of sulfonamides is 1. The van der Waals surface area contributed by atoms with Gasteiger partial charge in [-0.25, -0.2) is 17.9 Å². The van der Waals surface area contributed by atoms with E-state index in [-0.39, 0.29) is 23.0 Å². The number of imidazole rings is 1. The largest absolute Gasteiger partial charge is 0.328 e. The van der Waals surface area contributed by atoms with Gasteiger partial charge in [-0.05, 0) is 31.2 Å². The molecule has 130 valence electrons. The molecule has 0 radical (unpaired) electrons. The Balaban J connectivity index is 0.00000264. The zero-order valence-electron chi connectivity index (χ0n) is 13.5. The van der Waals surface area contributed by atoms with Crippen molar-refractivity contribution in [2.45, 2.75) is 18.2 Å². The lowest BCUT2D eigenvalue weighted by Crippen LogP contribution is -2.32. The molecule has 0 atom stereocenters. The Labute approximate surface area is 142 Å². The van der Waals surface area contributed by atoms with Crippen LogP contribution in [0.25, 0.3) is 11.0 Å². The molecule has 0 saturated carbocycles. The predicted octanol–water partition coefficient (Wildman–Crippen LogP) is 0.577. The molecule has 0 aliphatic carbocycles. The molecule has 0 amide bonds. The van der Waals surface area contributed by atoms with Crippen molar-refractivity contribution in [3.05, 3.63) is 28.7 Å². The highest BCUT2D eigenvalue weighted by Crippen LogP contribution is 2.17. The number of hydrogen-bond donors (Lipinski definition) is 2. The maximum absolute atomic E-state index is 12.3. The number of hydrogen-bond acceptors (Lipinski definition) is 4. The minimum atomic E-state index is -3.57. The van der Waals surface area contributed by atoms with Crippen LogP contribution in [0.3, 0.4) is 0 Å². The molecule has 23 heavy (non-hydrogen) atoms. The van der Waals surface area contributed by atoms with E-state index in [0.29, 0.717) is 24.1 Å².